The number of hydrogen-bond acceptors (Lipinski definition) is 4. The molecule has 0 radical (unpaired) electrons. The van der Waals surface area contributed by atoms with Gasteiger partial charge in [0.25, 0.3) is 5.69 Å². The Morgan fingerprint density at radius 3 is 2.44 bits per heavy atom. The minimum atomic E-state index is -0.869. The molecule has 1 aromatic carbocycles. The van der Waals surface area contributed by atoms with Crippen LogP contribution in [0, 0.1) is 23.0 Å². The van der Waals surface area contributed by atoms with Crippen molar-refractivity contribution in [2.45, 2.75) is 30.9 Å². The first-order valence-corrected chi connectivity index (χ1v) is 6.35. The second-order valence-electron chi connectivity index (χ2n) is 4.33. The molecule has 0 aromatic heterocycles. The number of aliphatic carboxylic acids is 1. The van der Waals surface area contributed by atoms with Gasteiger partial charge < -0.3 is 5.11 Å². The molecule has 1 N–H and O–H groups in total. The van der Waals surface area contributed by atoms with Gasteiger partial charge in [0.2, 0.25) is 0 Å². The van der Waals surface area contributed by atoms with E-state index in [-0.39, 0.29) is 11.6 Å². The standard InChI is InChI=1S/C12H15NO4S/c1-7(2)11(12(14)15)18-9-4-5-10(13(16)17)8(3)6-9/h4-7,11H,1-3H3,(H,14,15). The van der Waals surface area contributed by atoms with E-state index in [1.807, 2.05) is 13.8 Å². The van der Waals surface area contributed by atoms with Gasteiger partial charge in [-0.3, -0.25) is 14.9 Å². The molecule has 1 rings (SSSR count). The van der Waals surface area contributed by atoms with Crippen LogP contribution >= 0.6 is 11.8 Å². The summed E-state index contributed by atoms with van der Waals surface area (Å²) in [6.07, 6.45) is 0. The third-order valence-electron chi connectivity index (χ3n) is 2.48. The largest absolute Gasteiger partial charge is 0.480 e. The number of thioether (sulfide) groups is 1. The Balaban J connectivity index is 2.95. The molecule has 0 aliphatic carbocycles. The molecular weight excluding hydrogens is 254 g/mol. The maximum absolute atomic E-state index is 11.1. The number of carbonyl (C=O) groups is 1. The van der Waals surface area contributed by atoms with Crippen LogP contribution in [0.5, 0.6) is 0 Å². The molecule has 0 aliphatic rings. The normalized spacial score (nSPS) is 12.4. The average Bonchev–Trinajstić information content (AvgIpc) is 2.24. The third kappa shape index (κ3) is 3.46. The smallest absolute Gasteiger partial charge is 0.317 e. The van der Waals surface area contributed by atoms with Crippen LogP contribution in [0.2, 0.25) is 0 Å². The molecule has 0 saturated carbocycles. The summed E-state index contributed by atoms with van der Waals surface area (Å²) in [4.78, 5) is 22.0. The molecule has 1 unspecified atom stereocenters. The number of rotatable bonds is 5. The molecule has 0 saturated heterocycles. The zero-order valence-corrected chi connectivity index (χ0v) is 11.2. The van der Waals surface area contributed by atoms with Crippen molar-refractivity contribution in [1.82, 2.24) is 0 Å². The Hall–Kier alpha value is -1.56. The third-order valence-corrected chi connectivity index (χ3v) is 4.00. The maximum atomic E-state index is 11.1. The predicted octanol–water partition coefficient (Wildman–Crippen LogP) is 3.10. The molecule has 0 fully saturated rings. The Morgan fingerprint density at radius 1 is 1.44 bits per heavy atom. The van der Waals surface area contributed by atoms with Gasteiger partial charge in [-0.15, -0.1) is 11.8 Å². The molecule has 98 valence electrons. The molecule has 0 amide bonds. The van der Waals surface area contributed by atoms with E-state index >= 15 is 0 Å². The van der Waals surface area contributed by atoms with E-state index in [1.165, 1.54) is 17.8 Å². The number of carboxylic acid groups (broad SMARTS) is 1. The van der Waals surface area contributed by atoms with Crippen LogP contribution < -0.4 is 0 Å². The highest BCUT2D eigenvalue weighted by molar-refractivity contribution is 8.00. The van der Waals surface area contributed by atoms with E-state index in [9.17, 15) is 14.9 Å². The van der Waals surface area contributed by atoms with Crippen molar-refractivity contribution in [3.05, 3.63) is 33.9 Å². The summed E-state index contributed by atoms with van der Waals surface area (Å²) in [5, 5.41) is 19.2. The molecule has 0 heterocycles. The van der Waals surface area contributed by atoms with Gasteiger partial charge >= 0.3 is 5.97 Å². The highest BCUT2D eigenvalue weighted by Crippen LogP contribution is 2.31. The van der Waals surface area contributed by atoms with Crippen LogP contribution in [0.15, 0.2) is 23.1 Å². The zero-order chi connectivity index (χ0) is 13.9. The van der Waals surface area contributed by atoms with Gasteiger partial charge in [0, 0.05) is 16.5 Å². The fourth-order valence-electron chi connectivity index (χ4n) is 1.52. The molecule has 1 aromatic rings. The Morgan fingerprint density at radius 2 is 2.06 bits per heavy atom. The van der Waals surface area contributed by atoms with Crippen LogP contribution in [0.4, 0.5) is 5.69 Å². The molecule has 0 bridgehead atoms. The van der Waals surface area contributed by atoms with Crippen LogP contribution in [0.25, 0.3) is 0 Å². The Bertz CT molecular complexity index is 473. The van der Waals surface area contributed by atoms with Crippen molar-refractivity contribution in [2.24, 2.45) is 5.92 Å². The van der Waals surface area contributed by atoms with Crippen molar-refractivity contribution in [3.63, 3.8) is 0 Å². The molecule has 6 heteroatoms. The second-order valence-corrected chi connectivity index (χ2v) is 5.54. The summed E-state index contributed by atoms with van der Waals surface area (Å²) >= 11 is 1.22. The van der Waals surface area contributed by atoms with E-state index in [1.54, 1.807) is 19.1 Å². The Labute approximate surface area is 109 Å². The molecule has 0 aliphatic heterocycles. The van der Waals surface area contributed by atoms with Gasteiger partial charge in [0.15, 0.2) is 0 Å². The van der Waals surface area contributed by atoms with Crippen LogP contribution in [-0.2, 0) is 4.79 Å². The number of carboxylic acids is 1. The van der Waals surface area contributed by atoms with Crippen molar-refractivity contribution >= 4 is 23.4 Å². The van der Waals surface area contributed by atoms with Crippen molar-refractivity contribution in [1.29, 1.82) is 0 Å². The quantitative estimate of drug-likeness (QED) is 0.504. The SMILES string of the molecule is Cc1cc(SC(C(=O)O)C(C)C)ccc1[N+](=O)[O-]. The lowest BCUT2D eigenvalue weighted by Crippen LogP contribution is -2.22. The summed E-state index contributed by atoms with van der Waals surface area (Å²) in [5.41, 5.74) is 0.591. The predicted molar refractivity (Wildman–Crippen MR) is 70.0 cm³/mol. The summed E-state index contributed by atoms with van der Waals surface area (Å²) in [6, 6.07) is 4.66. The van der Waals surface area contributed by atoms with E-state index in [0.29, 0.717) is 5.56 Å². The number of hydrogen-bond donors (Lipinski definition) is 1. The average molecular weight is 269 g/mol. The second kappa shape index (κ2) is 5.86. The van der Waals surface area contributed by atoms with E-state index in [2.05, 4.69) is 0 Å². The van der Waals surface area contributed by atoms with Gasteiger partial charge in [-0.2, -0.15) is 0 Å². The lowest BCUT2D eigenvalue weighted by molar-refractivity contribution is -0.385. The first-order chi connectivity index (χ1) is 8.32. The van der Waals surface area contributed by atoms with Crippen molar-refractivity contribution in [2.75, 3.05) is 0 Å². The first-order valence-electron chi connectivity index (χ1n) is 5.47. The van der Waals surface area contributed by atoms with Crippen molar-refractivity contribution < 1.29 is 14.8 Å². The van der Waals surface area contributed by atoms with E-state index in [0.717, 1.165) is 4.90 Å². The summed E-state index contributed by atoms with van der Waals surface area (Å²) in [6.45, 7) is 5.32. The monoisotopic (exact) mass is 269 g/mol. The Kier molecular flexibility index (Phi) is 4.72. The topological polar surface area (TPSA) is 80.4 Å². The summed E-state index contributed by atoms with van der Waals surface area (Å²) < 4.78 is 0. The number of benzene rings is 1. The summed E-state index contributed by atoms with van der Waals surface area (Å²) in [5.74, 6) is -0.881. The number of nitro benzene ring substituents is 1. The van der Waals surface area contributed by atoms with Gasteiger partial charge in [0.1, 0.15) is 5.25 Å². The molecular formula is C12H15NO4S. The van der Waals surface area contributed by atoms with E-state index < -0.39 is 16.1 Å². The van der Waals surface area contributed by atoms with Crippen molar-refractivity contribution in [3.8, 4) is 0 Å². The van der Waals surface area contributed by atoms with Gasteiger partial charge in [0.05, 0.1) is 4.92 Å². The van der Waals surface area contributed by atoms with E-state index in [4.69, 9.17) is 5.11 Å². The van der Waals surface area contributed by atoms with Crippen LogP contribution in [0.3, 0.4) is 0 Å². The van der Waals surface area contributed by atoms with Crippen LogP contribution in [-0.4, -0.2) is 21.2 Å². The fraction of sp³-hybridized carbons (Fsp3) is 0.417. The molecule has 5 nitrogen and oxygen atoms in total. The minimum absolute atomic E-state index is 0.0111. The van der Waals surface area contributed by atoms with Gasteiger partial charge in [-0.1, -0.05) is 13.8 Å². The maximum Gasteiger partial charge on any atom is 0.317 e. The first kappa shape index (κ1) is 14.5. The molecule has 1 atom stereocenters. The number of aryl methyl sites for hydroxylation is 1. The number of nitro groups is 1. The lowest BCUT2D eigenvalue weighted by atomic mass is 10.1. The summed E-state index contributed by atoms with van der Waals surface area (Å²) in [7, 11) is 0. The number of nitrogens with zero attached hydrogens (tertiary/aromatic N) is 1. The van der Waals surface area contributed by atoms with Gasteiger partial charge in [-0.25, -0.2) is 0 Å². The minimum Gasteiger partial charge on any atom is -0.480 e. The van der Waals surface area contributed by atoms with Gasteiger partial charge in [-0.05, 0) is 25.0 Å². The zero-order valence-electron chi connectivity index (χ0n) is 10.4. The highest BCUT2D eigenvalue weighted by atomic mass is 32.2. The lowest BCUT2D eigenvalue weighted by Gasteiger charge is -2.15. The van der Waals surface area contributed by atoms with Crippen LogP contribution in [0.1, 0.15) is 19.4 Å². The highest BCUT2D eigenvalue weighted by Gasteiger charge is 2.23. The molecule has 0 spiro atoms. The fourth-order valence-corrected chi connectivity index (χ4v) is 2.58. The molecule has 18 heavy (non-hydrogen) atoms.